The zero-order valence-corrected chi connectivity index (χ0v) is 14.6. The van der Waals surface area contributed by atoms with Crippen LogP contribution in [0.25, 0.3) is 0 Å². The van der Waals surface area contributed by atoms with Crippen molar-refractivity contribution in [1.29, 1.82) is 0 Å². The SMILES string of the molecule is CSc1cccc(CN(C(C)C)S(=O)(=O)N2CCCC2)c1. The van der Waals surface area contributed by atoms with Gasteiger partial charge in [-0.15, -0.1) is 11.8 Å². The van der Waals surface area contributed by atoms with Crippen LogP contribution in [0.5, 0.6) is 0 Å². The Bertz CT molecular complexity index is 567. The quantitative estimate of drug-likeness (QED) is 0.754. The fraction of sp³-hybridized carbons (Fsp3) is 0.600. The second-order valence-electron chi connectivity index (χ2n) is 5.60. The van der Waals surface area contributed by atoms with Crippen LogP contribution in [0.2, 0.25) is 0 Å². The Balaban J connectivity index is 2.22. The van der Waals surface area contributed by atoms with Gasteiger partial charge < -0.3 is 0 Å². The van der Waals surface area contributed by atoms with Crippen LogP contribution in [-0.2, 0) is 16.8 Å². The molecule has 1 aromatic rings. The highest BCUT2D eigenvalue weighted by atomic mass is 32.2. The summed E-state index contributed by atoms with van der Waals surface area (Å²) in [6.45, 7) is 5.61. The number of hydrogen-bond acceptors (Lipinski definition) is 3. The average molecular weight is 329 g/mol. The normalized spacial score (nSPS) is 17.0. The molecule has 1 aliphatic rings. The first-order valence-electron chi connectivity index (χ1n) is 7.35. The van der Waals surface area contributed by atoms with Gasteiger partial charge in [-0.2, -0.15) is 17.0 Å². The Morgan fingerprint density at radius 2 is 1.95 bits per heavy atom. The van der Waals surface area contributed by atoms with Gasteiger partial charge in [0.2, 0.25) is 0 Å². The molecular formula is C15H24N2O2S2. The molecule has 0 unspecified atom stereocenters. The van der Waals surface area contributed by atoms with Gasteiger partial charge in [-0.1, -0.05) is 12.1 Å². The van der Waals surface area contributed by atoms with Crippen LogP contribution in [0.4, 0.5) is 0 Å². The van der Waals surface area contributed by atoms with Crippen LogP contribution in [-0.4, -0.2) is 42.4 Å². The molecule has 1 fully saturated rings. The lowest BCUT2D eigenvalue weighted by Crippen LogP contribution is -2.45. The van der Waals surface area contributed by atoms with Crippen molar-refractivity contribution in [3.8, 4) is 0 Å². The summed E-state index contributed by atoms with van der Waals surface area (Å²) >= 11 is 1.67. The Morgan fingerprint density at radius 1 is 1.29 bits per heavy atom. The van der Waals surface area contributed by atoms with Gasteiger partial charge in [0, 0.05) is 30.6 Å². The summed E-state index contributed by atoms with van der Waals surface area (Å²) in [7, 11) is -3.36. The van der Waals surface area contributed by atoms with Crippen molar-refractivity contribution in [3.05, 3.63) is 29.8 Å². The van der Waals surface area contributed by atoms with Crippen LogP contribution < -0.4 is 0 Å². The number of nitrogens with zero attached hydrogens (tertiary/aromatic N) is 2. The Labute approximate surface area is 132 Å². The van der Waals surface area contributed by atoms with E-state index in [1.165, 1.54) is 0 Å². The molecular weight excluding hydrogens is 304 g/mol. The largest absolute Gasteiger partial charge is 0.282 e. The molecule has 0 spiro atoms. The second kappa shape index (κ2) is 7.13. The highest BCUT2D eigenvalue weighted by Gasteiger charge is 2.33. The van der Waals surface area contributed by atoms with Gasteiger partial charge in [0.25, 0.3) is 10.2 Å². The van der Waals surface area contributed by atoms with Crippen LogP contribution in [0.1, 0.15) is 32.3 Å². The minimum Gasteiger partial charge on any atom is -0.195 e. The molecule has 0 N–H and O–H groups in total. The van der Waals surface area contributed by atoms with Crippen molar-refractivity contribution in [2.24, 2.45) is 0 Å². The first kappa shape index (κ1) is 16.8. The number of rotatable bonds is 6. The lowest BCUT2D eigenvalue weighted by Gasteiger charge is -2.30. The van der Waals surface area contributed by atoms with Gasteiger partial charge in [0.1, 0.15) is 0 Å². The minimum absolute atomic E-state index is 0.0477. The number of hydrogen-bond donors (Lipinski definition) is 0. The molecule has 1 heterocycles. The highest BCUT2D eigenvalue weighted by Crippen LogP contribution is 2.23. The molecule has 0 atom stereocenters. The Kier molecular flexibility index (Phi) is 5.71. The third kappa shape index (κ3) is 4.00. The van der Waals surface area contributed by atoms with E-state index in [4.69, 9.17) is 0 Å². The zero-order valence-electron chi connectivity index (χ0n) is 12.9. The highest BCUT2D eigenvalue weighted by molar-refractivity contribution is 7.98. The van der Waals surface area contributed by atoms with E-state index in [-0.39, 0.29) is 6.04 Å². The van der Waals surface area contributed by atoms with Gasteiger partial charge >= 0.3 is 0 Å². The van der Waals surface area contributed by atoms with E-state index in [2.05, 4.69) is 6.07 Å². The Morgan fingerprint density at radius 3 is 2.52 bits per heavy atom. The summed E-state index contributed by atoms with van der Waals surface area (Å²) in [5.41, 5.74) is 1.04. The smallest absolute Gasteiger partial charge is 0.195 e. The predicted octanol–water partition coefficient (Wildman–Crippen LogP) is 2.96. The van der Waals surface area contributed by atoms with E-state index >= 15 is 0 Å². The molecule has 4 nitrogen and oxygen atoms in total. The molecule has 1 aromatic carbocycles. The summed E-state index contributed by atoms with van der Waals surface area (Å²) < 4.78 is 28.8. The van der Waals surface area contributed by atoms with Crippen LogP contribution in [0.15, 0.2) is 29.2 Å². The maximum atomic E-state index is 12.8. The van der Waals surface area contributed by atoms with Crippen molar-refractivity contribution in [2.75, 3.05) is 19.3 Å². The number of thioether (sulfide) groups is 1. The summed E-state index contributed by atoms with van der Waals surface area (Å²) in [5, 5.41) is 0. The van der Waals surface area contributed by atoms with Gasteiger partial charge in [-0.25, -0.2) is 0 Å². The fourth-order valence-electron chi connectivity index (χ4n) is 2.55. The molecule has 2 rings (SSSR count). The molecule has 1 saturated heterocycles. The maximum Gasteiger partial charge on any atom is 0.282 e. The third-order valence-corrected chi connectivity index (χ3v) is 6.62. The number of benzene rings is 1. The Hall–Kier alpha value is -0.560. The fourth-order valence-corrected chi connectivity index (χ4v) is 4.89. The van der Waals surface area contributed by atoms with E-state index in [1.807, 2.05) is 38.3 Å². The maximum absolute atomic E-state index is 12.8. The predicted molar refractivity (Wildman–Crippen MR) is 88.6 cm³/mol. The van der Waals surface area contributed by atoms with Gasteiger partial charge in [-0.05, 0) is 50.6 Å². The van der Waals surface area contributed by atoms with Crippen LogP contribution in [0, 0.1) is 0 Å². The van der Waals surface area contributed by atoms with Crippen LogP contribution >= 0.6 is 11.8 Å². The van der Waals surface area contributed by atoms with Crippen molar-refractivity contribution in [1.82, 2.24) is 8.61 Å². The minimum atomic E-state index is -3.36. The summed E-state index contributed by atoms with van der Waals surface area (Å²) in [5.74, 6) is 0. The van der Waals surface area contributed by atoms with E-state index in [0.717, 1.165) is 23.3 Å². The van der Waals surface area contributed by atoms with Crippen molar-refractivity contribution in [2.45, 2.75) is 44.2 Å². The van der Waals surface area contributed by atoms with Gasteiger partial charge in [-0.3, -0.25) is 0 Å². The van der Waals surface area contributed by atoms with Crippen molar-refractivity contribution < 1.29 is 8.42 Å². The molecule has 118 valence electrons. The second-order valence-corrected chi connectivity index (χ2v) is 8.37. The first-order valence-corrected chi connectivity index (χ1v) is 9.97. The van der Waals surface area contributed by atoms with E-state index in [0.29, 0.717) is 19.6 Å². The molecule has 0 saturated carbocycles. The van der Waals surface area contributed by atoms with E-state index in [1.54, 1.807) is 20.4 Å². The topological polar surface area (TPSA) is 40.6 Å². The molecule has 0 bridgehead atoms. The van der Waals surface area contributed by atoms with Crippen molar-refractivity contribution >= 4 is 22.0 Å². The zero-order chi connectivity index (χ0) is 15.5. The van der Waals surface area contributed by atoms with Crippen molar-refractivity contribution in [3.63, 3.8) is 0 Å². The summed E-state index contributed by atoms with van der Waals surface area (Å²) in [4.78, 5) is 1.16. The molecule has 0 amide bonds. The van der Waals surface area contributed by atoms with Gasteiger partial charge in [0.05, 0.1) is 0 Å². The average Bonchev–Trinajstić information content (AvgIpc) is 2.99. The lowest BCUT2D eigenvalue weighted by molar-refractivity contribution is 0.313. The van der Waals surface area contributed by atoms with E-state index < -0.39 is 10.2 Å². The molecule has 1 aliphatic heterocycles. The standard InChI is InChI=1S/C15H24N2O2S2/c1-13(2)17(21(18,19)16-9-4-5-10-16)12-14-7-6-8-15(11-14)20-3/h6-8,11,13H,4-5,9-10,12H2,1-3H3. The third-order valence-electron chi connectivity index (χ3n) is 3.74. The molecule has 0 aliphatic carbocycles. The molecule has 0 radical (unpaired) electrons. The monoisotopic (exact) mass is 328 g/mol. The molecule has 6 heteroatoms. The summed E-state index contributed by atoms with van der Waals surface area (Å²) in [6, 6.07) is 8.05. The molecule has 0 aromatic heterocycles. The van der Waals surface area contributed by atoms with Crippen LogP contribution in [0.3, 0.4) is 0 Å². The van der Waals surface area contributed by atoms with Gasteiger partial charge in [0.15, 0.2) is 0 Å². The van der Waals surface area contributed by atoms with E-state index in [9.17, 15) is 8.42 Å². The lowest BCUT2D eigenvalue weighted by atomic mass is 10.2. The molecule has 21 heavy (non-hydrogen) atoms. The summed E-state index contributed by atoms with van der Waals surface area (Å²) in [6.07, 6.45) is 3.96. The first-order chi connectivity index (χ1) is 9.95.